The number of hydrogen-bond donors (Lipinski definition) is 2. The summed E-state index contributed by atoms with van der Waals surface area (Å²) in [7, 11) is 1.73. The van der Waals surface area contributed by atoms with Gasteiger partial charge in [-0.2, -0.15) is 0 Å². The number of nitrogens with two attached hydrogens (primary N) is 1. The fraction of sp³-hybridized carbons (Fsp3) is 0.364. The summed E-state index contributed by atoms with van der Waals surface area (Å²) in [4.78, 5) is 0. The molecule has 15 heavy (non-hydrogen) atoms. The van der Waals surface area contributed by atoms with Crippen molar-refractivity contribution < 1.29 is 4.74 Å². The molecule has 82 valence electrons. The zero-order valence-corrected chi connectivity index (χ0v) is 9.59. The molecule has 0 fully saturated rings. The lowest BCUT2D eigenvalue weighted by Crippen LogP contribution is -2.32. The van der Waals surface area contributed by atoms with Gasteiger partial charge in [-0.3, -0.25) is 0 Å². The second-order valence-electron chi connectivity index (χ2n) is 3.30. The number of ether oxygens (including phenoxy) is 1. The Bertz CT molecular complexity index is 303. The zero-order valence-electron chi connectivity index (χ0n) is 8.77. The maximum atomic E-state index is 5.90. The van der Waals surface area contributed by atoms with Crippen molar-refractivity contribution in [2.45, 2.75) is 12.5 Å². The minimum absolute atomic E-state index is 0.0290. The van der Waals surface area contributed by atoms with Gasteiger partial charge in [0.25, 0.3) is 5.17 Å². The van der Waals surface area contributed by atoms with Gasteiger partial charge in [0.2, 0.25) is 0 Å². The number of benzene rings is 1. The Hall–Kier alpha value is -1.13. The first kappa shape index (κ1) is 11.9. The molecule has 1 aromatic carbocycles. The van der Waals surface area contributed by atoms with E-state index in [-0.39, 0.29) is 6.04 Å². The highest BCUT2D eigenvalue weighted by Gasteiger charge is 2.05. The van der Waals surface area contributed by atoms with Crippen LogP contribution in [0.1, 0.15) is 5.56 Å². The standard InChI is InChI=1S/C11H16N2OS/c1-13-11(15)14-8-10(12)7-9-5-3-2-4-6-9/h2-6,10H,7-8,12H2,1H3,(H,13,15)/t10-/m1/s1. The van der Waals surface area contributed by atoms with Crippen molar-refractivity contribution >= 4 is 17.4 Å². The third kappa shape index (κ3) is 4.76. The van der Waals surface area contributed by atoms with Crippen molar-refractivity contribution in [3.63, 3.8) is 0 Å². The molecule has 3 N–H and O–H groups in total. The van der Waals surface area contributed by atoms with Crippen LogP contribution in [0.25, 0.3) is 0 Å². The molecule has 0 amide bonds. The van der Waals surface area contributed by atoms with Gasteiger partial charge in [-0.1, -0.05) is 30.3 Å². The van der Waals surface area contributed by atoms with Crippen LogP contribution in [0, 0.1) is 0 Å². The molecular formula is C11H16N2OS. The third-order valence-electron chi connectivity index (χ3n) is 1.97. The number of thiocarbonyl (C=S) groups is 1. The van der Waals surface area contributed by atoms with E-state index in [9.17, 15) is 0 Å². The second kappa shape index (κ2) is 6.37. The van der Waals surface area contributed by atoms with Gasteiger partial charge in [0.05, 0.1) is 0 Å². The molecule has 0 spiro atoms. The average molecular weight is 224 g/mol. The average Bonchev–Trinajstić information content (AvgIpc) is 2.27. The molecule has 0 heterocycles. The van der Waals surface area contributed by atoms with Gasteiger partial charge in [-0.25, -0.2) is 0 Å². The fourth-order valence-electron chi connectivity index (χ4n) is 1.23. The molecule has 0 aromatic heterocycles. The predicted molar refractivity (Wildman–Crippen MR) is 65.7 cm³/mol. The van der Waals surface area contributed by atoms with Crippen LogP contribution in [0.15, 0.2) is 30.3 Å². The van der Waals surface area contributed by atoms with E-state index in [0.717, 1.165) is 6.42 Å². The van der Waals surface area contributed by atoms with Crippen molar-refractivity contribution in [1.29, 1.82) is 0 Å². The Balaban J connectivity index is 2.30. The van der Waals surface area contributed by atoms with Crippen molar-refractivity contribution in [1.82, 2.24) is 5.32 Å². The quantitative estimate of drug-likeness (QED) is 0.751. The lowest BCUT2D eigenvalue weighted by Gasteiger charge is -2.13. The Morgan fingerprint density at radius 3 is 2.73 bits per heavy atom. The summed E-state index contributed by atoms with van der Waals surface area (Å²) >= 11 is 4.85. The molecule has 0 aliphatic carbocycles. The van der Waals surface area contributed by atoms with E-state index in [1.807, 2.05) is 18.2 Å². The molecule has 3 nitrogen and oxygen atoms in total. The van der Waals surface area contributed by atoms with E-state index in [1.165, 1.54) is 5.56 Å². The molecule has 0 aliphatic rings. The summed E-state index contributed by atoms with van der Waals surface area (Å²) in [6.07, 6.45) is 0.799. The van der Waals surface area contributed by atoms with E-state index >= 15 is 0 Å². The molecule has 1 aromatic rings. The molecule has 4 heteroatoms. The SMILES string of the molecule is CNC(=S)OC[C@H](N)Cc1ccccc1. The van der Waals surface area contributed by atoms with E-state index < -0.39 is 0 Å². The summed E-state index contributed by atoms with van der Waals surface area (Å²) < 4.78 is 5.22. The van der Waals surface area contributed by atoms with Gasteiger partial charge in [0.1, 0.15) is 6.61 Å². The summed E-state index contributed by atoms with van der Waals surface area (Å²) in [6.45, 7) is 0.439. The number of rotatable bonds is 4. The molecule has 0 saturated heterocycles. The number of nitrogens with one attached hydrogen (secondary N) is 1. The first-order valence-electron chi connectivity index (χ1n) is 4.86. The third-order valence-corrected chi connectivity index (χ3v) is 2.30. The first-order chi connectivity index (χ1) is 7.22. The molecule has 0 radical (unpaired) electrons. The summed E-state index contributed by atoms with van der Waals surface area (Å²) in [5.74, 6) is 0. The highest BCUT2D eigenvalue weighted by molar-refractivity contribution is 7.80. The van der Waals surface area contributed by atoms with Crippen LogP contribution in [0.3, 0.4) is 0 Å². The van der Waals surface area contributed by atoms with Crippen LogP contribution in [0.5, 0.6) is 0 Å². The van der Waals surface area contributed by atoms with Crippen LogP contribution in [0.4, 0.5) is 0 Å². The maximum absolute atomic E-state index is 5.90. The lowest BCUT2D eigenvalue weighted by atomic mass is 10.1. The van der Waals surface area contributed by atoms with Gasteiger partial charge in [0, 0.05) is 13.1 Å². The van der Waals surface area contributed by atoms with Gasteiger partial charge in [0.15, 0.2) is 0 Å². The van der Waals surface area contributed by atoms with E-state index in [4.69, 9.17) is 22.7 Å². The highest BCUT2D eigenvalue weighted by atomic mass is 32.1. The normalized spacial score (nSPS) is 11.9. The Morgan fingerprint density at radius 2 is 2.13 bits per heavy atom. The molecule has 0 unspecified atom stereocenters. The second-order valence-corrected chi connectivity index (χ2v) is 3.67. The molecule has 0 aliphatic heterocycles. The largest absolute Gasteiger partial charge is 0.469 e. The van der Waals surface area contributed by atoms with Crippen molar-refractivity contribution in [3.05, 3.63) is 35.9 Å². The van der Waals surface area contributed by atoms with Crippen LogP contribution >= 0.6 is 12.2 Å². The molecule has 0 saturated carbocycles. The Labute approximate surface area is 95.6 Å². The van der Waals surface area contributed by atoms with Crippen LogP contribution in [0.2, 0.25) is 0 Å². The first-order valence-corrected chi connectivity index (χ1v) is 5.27. The van der Waals surface area contributed by atoms with E-state index in [0.29, 0.717) is 11.8 Å². The minimum Gasteiger partial charge on any atom is -0.469 e. The van der Waals surface area contributed by atoms with Gasteiger partial charge < -0.3 is 15.8 Å². The smallest absolute Gasteiger partial charge is 0.256 e. The monoisotopic (exact) mass is 224 g/mol. The lowest BCUT2D eigenvalue weighted by molar-refractivity contribution is 0.272. The van der Waals surface area contributed by atoms with Gasteiger partial charge >= 0.3 is 0 Å². The van der Waals surface area contributed by atoms with Crippen molar-refractivity contribution in [2.24, 2.45) is 5.73 Å². The molecule has 1 atom stereocenters. The summed E-state index contributed by atoms with van der Waals surface area (Å²) in [5.41, 5.74) is 7.11. The minimum atomic E-state index is -0.0290. The van der Waals surface area contributed by atoms with Crippen LogP contribution in [-0.2, 0) is 11.2 Å². The summed E-state index contributed by atoms with van der Waals surface area (Å²) in [5, 5.41) is 3.13. The zero-order chi connectivity index (χ0) is 11.1. The van der Waals surface area contributed by atoms with Gasteiger partial charge in [-0.05, 0) is 24.2 Å². The van der Waals surface area contributed by atoms with E-state index in [1.54, 1.807) is 7.05 Å². The molecule has 0 bridgehead atoms. The van der Waals surface area contributed by atoms with Crippen LogP contribution < -0.4 is 11.1 Å². The number of hydrogen-bond acceptors (Lipinski definition) is 3. The van der Waals surface area contributed by atoms with Crippen molar-refractivity contribution in [2.75, 3.05) is 13.7 Å². The Kier molecular flexibility index (Phi) is 5.07. The maximum Gasteiger partial charge on any atom is 0.256 e. The topological polar surface area (TPSA) is 47.3 Å². The molecular weight excluding hydrogens is 208 g/mol. The fourth-order valence-corrected chi connectivity index (χ4v) is 1.30. The Morgan fingerprint density at radius 1 is 1.47 bits per heavy atom. The predicted octanol–water partition coefficient (Wildman–Crippen LogP) is 1.08. The molecule has 1 rings (SSSR count). The van der Waals surface area contributed by atoms with Crippen molar-refractivity contribution in [3.8, 4) is 0 Å². The van der Waals surface area contributed by atoms with Gasteiger partial charge in [-0.15, -0.1) is 0 Å². The highest BCUT2D eigenvalue weighted by Crippen LogP contribution is 2.01. The van der Waals surface area contributed by atoms with E-state index in [2.05, 4.69) is 17.4 Å². The summed E-state index contributed by atoms with van der Waals surface area (Å²) in [6, 6.07) is 10.1. The van der Waals surface area contributed by atoms with Crippen LogP contribution in [-0.4, -0.2) is 24.9 Å².